The van der Waals surface area contributed by atoms with E-state index in [0.29, 0.717) is 11.5 Å². The monoisotopic (exact) mass is 225 g/mol. The fourth-order valence-corrected chi connectivity index (χ4v) is 1.97. The van der Waals surface area contributed by atoms with Crippen molar-refractivity contribution < 1.29 is 9.47 Å². The predicted octanol–water partition coefficient (Wildman–Crippen LogP) is 2.25. The van der Waals surface area contributed by atoms with Crippen LogP contribution in [0.25, 0.3) is 0 Å². The van der Waals surface area contributed by atoms with Gasteiger partial charge in [-0.2, -0.15) is 0 Å². The number of hydrogen-bond acceptors (Lipinski definition) is 3. The van der Waals surface area contributed by atoms with E-state index < -0.39 is 0 Å². The lowest BCUT2D eigenvalue weighted by Gasteiger charge is -2.26. The molecule has 4 heteroatoms. The molecule has 15 heavy (non-hydrogen) atoms. The Labute approximate surface area is 93.7 Å². The Bertz CT molecular complexity index is 382. The smallest absolute Gasteiger partial charge is 0.158 e. The minimum Gasteiger partial charge on any atom is -0.493 e. The fourth-order valence-electron chi connectivity index (χ4n) is 1.73. The van der Waals surface area contributed by atoms with Crippen molar-refractivity contribution in [3.05, 3.63) is 34.8 Å². The van der Waals surface area contributed by atoms with Gasteiger partial charge in [0.05, 0.1) is 20.3 Å². The SMILES string of the molecule is COC1=CC2N=CC=C(Cl)C2C=C1OC. The predicted molar refractivity (Wildman–Crippen MR) is 59.9 cm³/mol. The Morgan fingerprint density at radius 1 is 1.20 bits per heavy atom. The van der Waals surface area contributed by atoms with E-state index in [0.717, 1.165) is 5.03 Å². The van der Waals surface area contributed by atoms with Crippen LogP contribution in [0, 0.1) is 5.92 Å². The third-order valence-electron chi connectivity index (χ3n) is 2.51. The summed E-state index contributed by atoms with van der Waals surface area (Å²) in [5.74, 6) is 1.50. The van der Waals surface area contributed by atoms with E-state index in [-0.39, 0.29) is 12.0 Å². The molecule has 80 valence electrons. The molecule has 0 N–H and O–H groups in total. The van der Waals surface area contributed by atoms with Crippen molar-refractivity contribution >= 4 is 17.8 Å². The number of fused-ring (bicyclic) bond motifs is 1. The number of ether oxygens (including phenoxy) is 2. The highest BCUT2D eigenvalue weighted by Gasteiger charge is 2.29. The van der Waals surface area contributed by atoms with Crippen LogP contribution in [0.2, 0.25) is 0 Å². The van der Waals surface area contributed by atoms with Gasteiger partial charge in [-0.1, -0.05) is 11.6 Å². The average Bonchev–Trinajstić information content (AvgIpc) is 2.28. The van der Waals surface area contributed by atoms with Crippen LogP contribution in [0.4, 0.5) is 0 Å². The van der Waals surface area contributed by atoms with Gasteiger partial charge in [0.25, 0.3) is 0 Å². The van der Waals surface area contributed by atoms with Crippen molar-refractivity contribution in [2.45, 2.75) is 6.04 Å². The van der Waals surface area contributed by atoms with Crippen LogP contribution in [0.5, 0.6) is 0 Å². The Morgan fingerprint density at radius 2 is 1.87 bits per heavy atom. The summed E-state index contributed by atoms with van der Waals surface area (Å²) in [4.78, 5) is 4.33. The van der Waals surface area contributed by atoms with Crippen molar-refractivity contribution in [3.8, 4) is 0 Å². The molecule has 0 aromatic rings. The highest BCUT2D eigenvalue weighted by molar-refractivity contribution is 6.31. The third kappa shape index (κ3) is 1.79. The number of aliphatic imine (C=N–C) groups is 1. The largest absolute Gasteiger partial charge is 0.493 e. The second kappa shape index (κ2) is 4.11. The van der Waals surface area contributed by atoms with Crippen LogP contribution < -0.4 is 0 Å². The number of methoxy groups -OCH3 is 2. The van der Waals surface area contributed by atoms with Gasteiger partial charge in [-0.3, -0.25) is 4.99 Å². The number of nitrogens with zero attached hydrogens (tertiary/aromatic N) is 1. The maximum Gasteiger partial charge on any atom is 0.158 e. The first kappa shape index (κ1) is 10.3. The maximum absolute atomic E-state index is 6.10. The summed E-state index contributed by atoms with van der Waals surface area (Å²) in [5.41, 5.74) is 0. The molecule has 3 nitrogen and oxygen atoms in total. The summed E-state index contributed by atoms with van der Waals surface area (Å²) in [5, 5.41) is 0.774. The van der Waals surface area contributed by atoms with Crippen molar-refractivity contribution in [1.29, 1.82) is 0 Å². The summed E-state index contributed by atoms with van der Waals surface area (Å²) in [6.07, 6.45) is 7.39. The van der Waals surface area contributed by atoms with Crippen molar-refractivity contribution in [2.24, 2.45) is 10.9 Å². The van der Waals surface area contributed by atoms with Gasteiger partial charge in [-0.05, 0) is 18.2 Å². The topological polar surface area (TPSA) is 30.8 Å². The Morgan fingerprint density at radius 3 is 2.53 bits per heavy atom. The molecule has 2 unspecified atom stereocenters. The number of dihydropyridines is 1. The van der Waals surface area contributed by atoms with Crippen LogP contribution in [-0.2, 0) is 9.47 Å². The molecule has 2 atom stereocenters. The van der Waals surface area contributed by atoms with E-state index in [4.69, 9.17) is 21.1 Å². The lowest BCUT2D eigenvalue weighted by atomic mass is 9.92. The van der Waals surface area contributed by atoms with E-state index in [9.17, 15) is 0 Å². The van der Waals surface area contributed by atoms with Crippen LogP contribution in [0.1, 0.15) is 0 Å². The Kier molecular flexibility index (Phi) is 2.82. The van der Waals surface area contributed by atoms with Crippen molar-refractivity contribution in [3.63, 3.8) is 0 Å². The van der Waals surface area contributed by atoms with Gasteiger partial charge in [-0.25, -0.2) is 0 Å². The van der Waals surface area contributed by atoms with Gasteiger partial charge >= 0.3 is 0 Å². The number of hydrogen-bond donors (Lipinski definition) is 0. The van der Waals surface area contributed by atoms with Gasteiger partial charge in [0.15, 0.2) is 11.5 Å². The fraction of sp³-hybridized carbons (Fsp3) is 0.364. The number of rotatable bonds is 2. The second-order valence-corrected chi connectivity index (χ2v) is 3.77. The summed E-state index contributed by atoms with van der Waals surface area (Å²) in [6.45, 7) is 0. The standard InChI is InChI=1S/C11H12ClNO2/c1-14-10-5-7-8(12)3-4-13-9(7)6-11(10)15-2/h3-7,9H,1-2H3. The van der Waals surface area contributed by atoms with E-state index in [1.165, 1.54) is 0 Å². The molecule has 0 bridgehead atoms. The number of halogens is 1. The first-order valence-electron chi connectivity index (χ1n) is 4.67. The van der Waals surface area contributed by atoms with Gasteiger partial charge in [-0.15, -0.1) is 0 Å². The van der Waals surface area contributed by atoms with Gasteiger partial charge in [0.2, 0.25) is 0 Å². The second-order valence-electron chi connectivity index (χ2n) is 3.34. The van der Waals surface area contributed by atoms with Crippen LogP contribution in [-0.4, -0.2) is 26.5 Å². The quantitative estimate of drug-likeness (QED) is 0.722. The molecule has 1 aliphatic carbocycles. The third-order valence-corrected chi connectivity index (χ3v) is 2.89. The molecule has 0 spiro atoms. The molecule has 1 heterocycles. The normalized spacial score (nSPS) is 28.6. The van der Waals surface area contributed by atoms with E-state index >= 15 is 0 Å². The summed E-state index contributed by atoms with van der Waals surface area (Å²) in [7, 11) is 3.23. The molecule has 0 aromatic carbocycles. The zero-order valence-corrected chi connectivity index (χ0v) is 9.36. The zero-order chi connectivity index (χ0) is 10.8. The molecule has 0 saturated carbocycles. The highest BCUT2D eigenvalue weighted by atomic mass is 35.5. The lowest BCUT2D eigenvalue weighted by molar-refractivity contribution is 0.212. The zero-order valence-electron chi connectivity index (χ0n) is 8.61. The molecule has 2 rings (SSSR count). The summed E-state index contributed by atoms with van der Waals surface area (Å²) >= 11 is 6.10. The molecule has 0 amide bonds. The van der Waals surface area contributed by atoms with E-state index in [1.54, 1.807) is 26.5 Å². The van der Waals surface area contributed by atoms with Crippen molar-refractivity contribution in [2.75, 3.05) is 14.2 Å². The number of allylic oxidation sites excluding steroid dienone is 1. The minimum absolute atomic E-state index is 0.0244. The van der Waals surface area contributed by atoms with Crippen molar-refractivity contribution in [1.82, 2.24) is 0 Å². The van der Waals surface area contributed by atoms with E-state index in [2.05, 4.69) is 4.99 Å². The van der Waals surface area contributed by atoms with Gasteiger partial charge in [0, 0.05) is 17.2 Å². The van der Waals surface area contributed by atoms with Gasteiger partial charge < -0.3 is 9.47 Å². The minimum atomic E-state index is 0.0244. The Hall–Kier alpha value is -1.22. The maximum atomic E-state index is 6.10. The molecule has 2 aliphatic rings. The van der Waals surface area contributed by atoms with Crippen LogP contribution in [0.15, 0.2) is 39.8 Å². The molecule has 0 radical (unpaired) electrons. The molecule has 0 fully saturated rings. The first-order chi connectivity index (χ1) is 7.26. The summed E-state index contributed by atoms with van der Waals surface area (Å²) in [6, 6.07) is 0.0244. The molecular weight excluding hydrogens is 214 g/mol. The Balaban J connectivity index is 2.34. The van der Waals surface area contributed by atoms with E-state index in [1.807, 2.05) is 12.2 Å². The lowest BCUT2D eigenvalue weighted by Crippen LogP contribution is -2.23. The molecule has 0 saturated heterocycles. The van der Waals surface area contributed by atoms with Gasteiger partial charge in [0.1, 0.15) is 0 Å². The first-order valence-corrected chi connectivity index (χ1v) is 5.05. The summed E-state index contributed by atoms with van der Waals surface area (Å²) < 4.78 is 10.4. The van der Waals surface area contributed by atoms with Crippen LogP contribution in [0.3, 0.4) is 0 Å². The molecule has 1 aliphatic heterocycles. The van der Waals surface area contributed by atoms with Crippen LogP contribution >= 0.6 is 11.6 Å². The highest BCUT2D eigenvalue weighted by Crippen LogP contribution is 2.33. The molecular formula is C11H12ClNO2. The molecule has 0 aromatic heterocycles. The average molecular weight is 226 g/mol.